The molecule has 0 atom stereocenters. The van der Waals surface area contributed by atoms with Crippen LogP contribution in [0.5, 0.6) is 5.88 Å². The molecule has 32 heavy (non-hydrogen) atoms. The van der Waals surface area contributed by atoms with Gasteiger partial charge >= 0.3 is 21.3 Å². The van der Waals surface area contributed by atoms with E-state index in [1.807, 2.05) is 0 Å². The average Bonchev–Trinajstić information content (AvgIpc) is 3.16. The third-order valence-electron chi connectivity index (χ3n) is 4.74. The first-order valence-electron chi connectivity index (χ1n) is 9.07. The van der Waals surface area contributed by atoms with Gasteiger partial charge in [-0.1, -0.05) is 18.7 Å². The van der Waals surface area contributed by atoms with Crippen molar-refractivity contribution in [2.45, 2.75) is 5.25 Å². The highest BCUT2D eigenvalue weighted by Crippen LogP contribution is 2.35. The zero-order valence-corrected chi connectivity index (χ0v) is 17.3. The lowest BCUT2D eigenvalue weighted by molar-refractivity contribution is 0.0600. The number of nitrogens with zero attached hydrogens (tertiary/aromatic N) is 2. The predicted octanol–water partition coefficient (Wildman–Crippen LogP) is 4.05. The second-order valence-corrected chi connectivity index (χ2v) is 8.27. The fourth-order valence-electron chi connectivity index (χ4n) is 3.16. The normalized spacial score (nSPS) is 12.1. The van der Waals surface area contributed by atoms with Gasteiger partial charge in [-0.3, -0.25) is 0 Å². The van der Waals surface area contributed by atoms with Crippen molar-refractivity contribution in [3.63, 3.8) is 0 Å². The van der Waals surface area contributed by atoms with Crippen molar-refractivity contribution in [1.29, 1.82) is 0 Å². The van der Waals surface area contributed by atoms with Crippen molar-refractivity contribution in [3.05, 3.63) is 67.0 Å². The van der Waals surface area contributed by atoms with Gasteiger partial charge in [-0.15, -0.1) is 0 Å². The quantitative estimate of drug-likeness (QED) is 0.263. The van der Waals surface area contributed by atoms with Crippen LogP contribution in [0.3, 0.4) is 0 Å². The van der Waals surface area contributed by atoms with E-state index < -0.39 is 27.2 Å². The predicted molar refractivity (Wildman–Crippen MR) is 113 cm³/mol. The molecule has 0 saturated heterocycles. The number of aromatic amines is 1. The lowest BCUT2D eigenvalue weighted by Crippen LogP contribution is -2.30. The van der Waals surface area contributed by atoms with Gasteiger partial charge in [0.25, 0.3) is 0 Å². The van der Waals surface area contributed by atoms with Crippen LogP contribution in [0, 0.1) is 0 Å². The van der Waals surface area contributed by atoms with Crippen molar-refractivity contribution in [1.82, 2.24) is 15.0 Å². The number of aromatic nitrogens is 3. The lowest BCUT2D eigenvalue weighted by Gasteiger charge is -2.12. The SMILES string of the molecule is C=CC(F)(F)S(=O)(=O)Oc1cc2c(cn1)[nH]c1nccc(-c3ccc(C(=O)OC)cc3)c12. The number of alkyl halides is 2. The highest BCUT2D eigenvalue weighted by molar-refractivity contribution is 7.88. The molecule has 0 spiro atoms. The van der Waals surface area contributed by atoms with E-state index in [-0.39, 0.29) is 6.08 Å². The Kier molecular flexibility index (Phi) is 5.13. The molecule has 0 aliphatic heterocycles. The van der Waals surface area contributed by atoms with Gasteiger partial charge in [-0.05, 0) is 35.4 Å². The molecule has 0 radical (unpaired) electrons. The van der Waals surface area contributed by atoms with Gasteiger partial charge in [0, 0.05) is 23.0 Å². The van der Waals surface area contributed by atoms with Crippen molar-refractivity contribution >= 4 is 38.0 Å². The van der Waals surface area contributed by atoms with Crippen LogP contribution in [0.2, 0.25) is 0 Å². The molecule has 3 aromatic heterocycles. The maximum atomic E-state index is 13.6. The Labute approximate surface area is 180 Å². The first-order valence-corrected chi connectivity index (χ1v) is 10.5. The van der Waals surface area contributed by atoms with Crippen molar-refractivity contribution in [2.24, 2.45) is 0 Å². The number of carbonyl (C=O) groups excluding carboxylic acids is 1. The number of fused-ring (bicyclic) bond motifs is 3. The monoisotopic (exact) mass is 459 g/mol. The van der Waals surface area contributed by atoms with Gasteiger partial charge in [0.2, 0.25) is 5.88 Å². The molecule has 4 aromatic rings. The van der Waals surface area contributed by atoms with E-state index >= 15 is 0 Å². The molecule has 0 aliphatic carbocycles. The smallest absolute Gasteiger partial charge is 0.398 e. The molecule has 4 rings (SSSR count). The highest BCUT2D eigenvalue weighted by atomic mass is 32.2. The zero-order chi connectivity index (χ0) is 23.1. The van der Waals surface area contributed by atoms with Crippen LogP contribution >= 0.6 is 0 Å². The number of hydrogen-bond acceptors (Lipinski definition) is 7. The summed E-state index contributed by atoms with van der Waals surface area (Å²) in [6.07, 6.45) is 2.81. The lowest BCUT2D eigenvalue weighted by atomic mass is 10.0. The van der Waals surface area contributed by atoms with Crippen LogP contribution in [0.25, 0.3) is 33.1 Å². The van der Waals surface area contributed by atoms with E-state index in [2.05, 4.69) is 25.7 Å². The van der Waals surface area contributed by atoms with Gasteiger partial charge in [-0.25, -0.2) is 14.8 Å². The first kappa shape index (κ1) is 21.4. The summed E-state index contributed by atoms with van der Waals surface area (Å²) in [4.78, 5) is 22.8. The summed E-state index contributed by atoms with van der Waals surface area (Å²) in [5, 5.41) is -3.23. The number of carbonyl (C=O) groups is 1. The number of pyridine rings is 2. The maximum absolute atomic E-state index is 13.6. The number of H-pyrrole nitrogens is 1. The number of ether oxygens (including phenoxy) is 1. The first-order chi connectivity index (χ1) is 15.2. The second-order valence-electron chi connectivity index (χ2n) is 6.65. The second kappa shape index (κ2) is 7.68. The molecule has 0 bridgehead atoms. The fraction of sp³-hybridized carbons (Fsp3) is 0.0952. The van der Waals surface area contributed by atoms with Gasteiger partial charge in [-0.2, -0.15) is 17.2 Å². The standard InChI is InChI=1S/C21H15F2N3O5S/c1-3-21(22,23)32(28,29)31-17-10-15-16(11-25-17)26-19-18(15)14(8-9-24-19)12-4-6-13(7-5-12)20(27)30-2/h3-11H,1H2,2H3,(H,24,26). The molecule has 11 heteroatoms. The van der Waals surface area contributed by atoms with Crippen LogP contribution in [0.15, 0.2) is 61.4 Å². The molecule has 0 saturated carbocycles. The molecule has 8 nitrogen and oxygen atoms in total. The average molecular weight is 459 g/mol. The third-order valence-corrected chi connectivity index (χ3v) is 5.96. The number of hydrogen-bond donors (Lipinski definition) is 1. The molecular formula is C21H15F2N3O5S. The Morgan fingerprint density at radius 3 is 2.56 bits per heavy atom. The van der Waals surface area contributed by atoms with E-state index in [1.165, 1.54) is 19.4 Å². The minimum absolute atomic E-state index is 0.0213. The Hall–Kier alpha value is -3.86. The largest absolute Gasteiger partial charge is 0.465 e. The van der Waals surface area contributed by atoms with E-state index in [9.17, 15) is 22.0 Å². The number of benzene rings is 1. The minimum atomic E-state index is -5.33. The third kappa shape index (κ3) is 3.56. The van der Waals surface area contributed by atoms with Crippen LogP contribution in [0.1, 0.15) is 10.4 Å². The van der Waals surface area contributed by atoms with E-state index in [1.54, 1.807) is 36.5 Å². The fourth-order valence-corrected chi connectivity index (χ4v) is 3.79. The molecular weight excluding hydrogens is 444 g/mol. The van der Waals surface area contributed by atoms with Gasteiger partial charge in [0.15, 0.2) is 0 Å². The molecule has 3 heterocycles. The number of halogens is 2. The summed E-state index contributed by atoms with van der Waals surface area (Å²) in [6.45, 7) is 2.82. The maximum Gasteiger partial charge on any atom is 0.398 e. The molecule has 0 unspecified atom stereocenters. The Morgan fingerprint density at radius 1 is 1.19 bits per heavy atom. The summed E-state index contributed by atoms with van der Waals surface area (Å²) in [7, 11) is -4.04. The molecule has 0 aliphatic rings. The van der Waals surface area contributed by atoms with Crippen LogP contribution in [0.4, 0.5) is 8.78 Å². The van der Waals surface area contributed by atoms with Gasteiger partial charge in [0.05, 0.1) is 24.4 Å². The van der Waals surface area contributed by atoms with Gasteiger partial charge in [0.1, 0.15) is 5.65 Å². The molecule has 1 aromatic carbocycles. The van der Waals surface area contributed by atoms with E-state index in [0.29, 0.717) is 33.1 Å². The molecule has 0 fully saturated rings. The van der Waals surface area contributed by atoms with Crippen LogP contribution in [-0.2, 0) is 14.9 Å². The number of esters is 1. The summed E-state index contributed by atoms with van der Waals surface area (Å²) in [6, 6.07) is 9.59. The Morgan fingerprint density at radius 2 is 1.91 bits per heavy atom. The number of rotatable bonds is 6. The van der Waals surface area contributed by atoms with E-state index in [4.69, 9.17) is 4.74 Å². The summed E-state index contributed by atoms with van der Waals surface area (Å²) in [5.41, 5.74) is 2.76. The van der Waals surface area contributed by atoms with Crippen molar-refractivity contribution in [2.75, 3.05) is 7.11 Å². The van der Waals surface area contributed by atoms with Crippen molar-refractivity contribution < 1.29 is 30.9 Å². The molecule has 1 N–H and O–H groups in total. The minimum Gasteiger partial charge on any atom is -0.465 e. The Balaban J connectivity index is 1.84. The Bertz CT molecular complexity index is 1460. The molecule has 164 valence electrons. The zero-order valence-electron chi connectivity index (χ0n) is 16.5. The summed E-state index contributed by atoms with van der Waals surface area (Å²) in [5.74, 6) is -1.01. The van der Waals surface area contributed by atoms with Crippen LogP contribution < -0.4 is 4.18 Å². The van der Waals surface area contributed by atoms with Crippen molar-refractivity contribution in [3.8, 4) is 17.0 Å². The summed E-state index contributed by atoms with van der Waals surface area (Å²) >= 11 is 0. The van der Waals surface area contributed by atoms with Gasteiger partial charge < -0.3 is 13.9 Å². The number of methoxy groups -OCH3 is 1. The molecule has 0 amide bonds. The van der Waals surface area contributed by atoms with Crippen LogP contribution in [-0.4, -0.2) is 41.7 Å². The van der Waals surface area contributed by atoms with E-state index in [0.717, 1.165) is 5.56 Å². The topological polar surface area (TPSA) is 111 Å². The highest BCUT2D eigenvalue weighted by Gasteiger charge is 2.44. The summed E-state index contributed by atoms with van der Waals surface area (Å²) < 4.78 is 60.2. The number of nitrogens with one attached hydrogen (secondary N) is 1.